The molecule has 1 aliphatic rings. The Hall–Kier alpha value is -2.86. The van der Waals surface area contributed by atoms with Gasteiger partial charge in [0.2, 0.25) is 5.95 Å². The molecule has 6 heteroatoms. The highest BCUT2D eigenvalue weighted by molar-refractivity contribution is 7.98. The predicted molar refractivity (Wildman–Crippen MR) is 114 cm³/mol. The second-order valence-corrected chi connectivity index (χ2v) is 8.33. The third kappa shape index (κ3) is 3.60. The lowest BCUT2D eigenvalue weighted by Gasteiger charge is -2.32. The molecule has 2 heterocycles. The predicted octanol–water partition coefficient (Wildman–Crippen LogP) is 4.63. The van der Waals surface area contributed by atoms with Crippen molar-refractivity contribution in [2.75, 3.05) is 18.1 Å². The van der Waals surface area contributed by atoms with E-state index < -0.39 is 0 Å². The SMILES string of the molecule is CSc1cccc(Nc2nccc(-c3ccc4c(c3)C(C)(C)CNC4=O)n2)c1. The van der Waals surface area contributed by atoms with E-state index in [0.29, 0.717) is 12.5 Å². The topological polar surface area (TPSA) is 66.9 Å². The average molecular weight is 391 g/mol. The molecule has 1 aliphatic heterocycles. The highest BCUT2D eigenvalue weighted by Gasteiger charge is 2.31. The van der Waals surface area contributed by atoms with Gasteiger partial charge in [-0.05, 0) is 48.2 Å². The number of nitrogens with zero attached hydrogens (tertiary/aromatic N) is 2. The second-order valence-electron chi connectivity index (χ2n) is 7.45. The lowest BCUT2D eigenvalue weighted by atomic mass is 9.78. The van der Waals surface area contributed by atoms with Gasteiger partial charge in [-0.25, -0.2) is 9.97 Å². The summed E-state index contributed by atoms with van der Waals surface area (Å²) in [5.74, 6) is 0.532. The fourth-order valence-electron chi connectivity index (χ4n) is 3.36. The monoisotopic (exact) mass is 390 g/mol. The van der Waals surface area contributed by atoms with Gasteiger partial charge in [-0.2, -0.15) is 0 Å². The lowest BCUT2D eigenvalue weighted by Crippen LogP contribution is -2.43. The van der Waals surface area contributed by atoms with E-state index in [1.54, 1.807) is 18.0 Å². The molecule has 2 aromatic carbocycles. The van der Waals surface area contributed by atoms with Crippen molar-refractivity contribution in [2.45, 2.75) is 24.2 Å². The van der Waals surface area contributed by atoms with E-state index in [0.717, 1.165) is 28.1 Å². The van der Waals surface area contributed by atoms with Crippen molar-refractivity contribution in [1.29, 1.82) is 0 Å². The first-order chi connectivity index (χ1) is 13.5. The van der Waals surface area contributed by atoms with Crippen LogP contribution in [0, 0.1) is 0 Å². The molecule has 4 rings (SSSR count). The van der Waals surface area contributed by atoms with Crippen LogP contribution in [-0.2, 0) is 5.41 Å². The first-order valence-electron chi connectivity index (χ1n) is 9.13. The van der Waals surface area contributed by atoms with Gasteiger partial charge in [-0.15, -0.1) is 11.8 Å². The van der Waals surface area contributed by atoms with Crippen LogP contribution in [0.2, 0.25) is 0 Å². The zero-order valence-corrected chi connectivity index (χ0v) is 16.9. The normalized spacial score (nSPS) is 14.9. The van der Waals surface area contributed by atoms with Crippen molar-refractivity contribution >= 4 is 29.3 Å². The summed E-state index contributed by atoms with van der Waals surface area (Å²) in [5.41, 5.74) is 4.42. The first-order valence-corrected chi connectivity index (χ1v) is 10.4. The Morgan fingerprint density at radius 1 is 1.14 bits per heavy atom. The quantitative estimate of drug-likeness (QED) is 0.636. The Balaban J connectivity index is 1.67. The van der Waals surface area contributed by atoms with Crippen molar-refractivity contribution in [2.24, 2.45) is 0 Å². The number of benzene rings is 2. The van der Waals surface area contributed by atoms with Crippen LogP contribution in [0.4, 0.5) is 11.6 Å². The largest absolute Gasteiger partial charge is 0.351 e. The number of aromatic nitrogens is 2. The van der Waals surface area contributed by atoms with Crippen LogP contribution >= 0.6 is 11.8 Å². The number of amides is 1. The maximum atomic E-state index is 12.2. The Morgan fingerprint density at radius 2 is 2.00 bits per heavy atom. The molecule has 0 atom stereocenters. The number of fused-ring (bicyclic) bond motifs is 1. The zero-order valence-electron chi connectivity index (χ0n) is 16.1. The van der Waals surface area contributed by atoms with Gasteiger partial charge in [0.25, 0.3) is 5.91 Å². The van der Waals surface area contributed by atoms with E-state index in [1.165, 1.54) is 4.90 Å². The summed E-state index contributed by atoms with van der Waals surface area (Å²) < 4.78 is 0. The van der Waals surface area contributed by atoms with Crippen LogP contribution in [0.1, 0.15) is 29.8 Å². The van der Waals surface area contributed by atoms with Crippen molar-refractivity contribution in [3.05, 3.63) is 65.9 Å². The van der Waals surface area contributed by atoms with Gasteiger partial charge >= 0.3 is 0 Å². The Kier molecular flexibility index (Phi) is 4.81. The smallest absolute Gasteiger partial charge is 0.251 e. The summed E-state index contributed by atoms with van der Waals surface area (Å²) >= 11 is 1.69. The molecule has 28 heavy (non-hydrogen) atoms. The molecule has 0 unspecified atom stereocenters. The summed E-state index contributed by atoms with van der Waals surface area (Å²) in [6.07, 6.45) is 3.80. The van der Waals surface area contributed by atoms with Crippen molar-refractivity contribution < 1.29 is 4.79 Å². The van der Waals surface area contributed by atoms with Crippen LogP contribution in [0.5, 0.6) is 0 Å². The van der Waals surface area contributed by atoms with Crippen LogP contribution in [0.15, 0.2) is 59.6 Å². The molecular weight excluding hydrogens is 368 g/mol. The van der Waals surface area contributed by atoms with Gasteiger partial charge in [0, 0.05) is 39.9 Å². The Morgan fingerprint density at radius 3 is 2.82 bits per heavy atom. The third-order valence-electron chi connectivity index (χ3n) is 4.96. The average Bonchev–Trinajstić information content (AvgIpc) is 2.71. The molecule has 0 fully saturated rings. The van der Waals surface area contributed by atoms with E-state index in [-0.39, 0.29) is 11.3 Å². The summed E-state index contributed by atoms with van der Waals surface area (Å²) in [6.45, 7) is 4.91. The number of nitrogens with one attached hydrogen (secondary N) is 2. The van der Waals surface area contributed by atoms with Crippen LogP contribution in [0.25, 0.3) is 11.3 Å². The number of carbonyl (C=O) groups excluding carboxylic acids is 1. The zero-order chi connectivity index (χ0) is 19.7. The number of anilines is 2. The minimum absolute atomic E-state index is 0.0143. The molecule has 1 aromatic heterocycles. The number of thioether (sulfide) groups is 1. The molecule has 0 radical (unpaired) electrons. The number of hydrogen-bond acceptors (Lipinski definition) is 5. The van der Waals surface area contributed by atoms with Crippen LogP contribution < -0.4 is 10.6 Å². The fraction of sp³-hybridized carbons (Fsp3) is 0.227. The van der Waals surface area contributed by atoms with Gasteiger partial charge in [0.15, 0.2) is 0 Å². The summed E-state index contributed by atoms with van der Waals surface area (Å²) in [4.78, 5) is 22.4. The third-order valence-corrected chi connectivity index (χ3v) is 5.69. The minimum atomic E-state index is -0.119. The summed E-state index contributed by atoms with van der Waals surface area (Å²) in [5, 5.41) is 6.23. The molecule has 5 nitrogen and oxygen atoms in total. The van der Waals surface area contributed by atoms with Gasteiger partial charge in [0.1, 0.15) is 0 Å². The van der Waals surface area contributed by atoms with Gasteiger partial charge in [-0.1, -0.05) is 26.0 Å². The highest BCUT2D eigenvalue weighted by Crippen LogP contribution is 2.33. The second kappa shape index (κ2) is 7.28. The van der Waals surface area contributed by atoms with Crippen LogP contribution in [0.3, 0.4) is 0 Å². The van der Waals surface area contributed by atoms with E-state index in [9.17, 15) is 4.79 Å². The Bertz CT molecular complexity index is 1050. The standard InChI is InChI=1S/C22H22N4OS/c1-22(2)13-24-20(27)17-8-7-14(11-18(17)22)19-9-10-23-21(26-19)25-15-5-4-6-16(12-15)28-3/h4-12H,13H2,1-3H3,(H,24,27)(H,23,25,26). The molecule has 0 aliphatic carbocycles. The molecule has 1 amide bonds. The Labute approximate surface area is 169 Å². The fourth-order valence-corrected chi connectivity index (χ4v) is 3.82. The number of carbonyl (C=O) groups is 1. The van der Waals surface area contributed by atoms with Crippen molar-refractivity contribution in [3.8, 4) is 11.3 Å². The molecule has 142 valence electrons. The lowest BCUT2D eigenvalue weighted by molar-refractivity contribution is 0.0930. The molecule has 2 N–H and O–H groups in total. The summed E-state index contributed by atoms with van der Waals surface area (Å²) in [7, 11) is 0. The van der Waals surface area contributed by atoms with Crippen molar-refractivity contribution in [3.63, 3.8) is 0 Å². The van der Waals surface area contributed by atoms with Gasteiger partial charge in [-0.3, -0.25) is 4.79 Å². The van der Waals surface area contributed by atoms with Gasteiger partial charge < -0.3 is 10.6 Å². The summed E-state index contributed by atoms with van der Waals surface area (Å²) in [6, 6.07) is 15.9. The van der Waals surface area contributed by atoms with Crippen molar-refractivity contribution in [1.82, 2.24) is 15.3 Å². The maximum absolute atomic E-state index is 12.2. The number of hydrogen-bond donors (Lipinski definition) is 2. The van der Waals surface area contributed by atoms with E-state index in [4.69, 9.17) is 0 Å². The van der Waals surface area contributed by atoms with E-state index >= 15 is 0 Å². The molecule has 0 saturated carbocycles. The first kappa shape index (κ1) is 18.5. The maximum Gasteiger partial charge on any atom is 0.251 e. The minimum Gasteiger partial charge on any atom is -0.351 e. The molecule has 0 bridgehead atoms. The number of rotatable bonds is 4. The molecule has 0 spiro atoms. The van der Waals surface area contributed by atoms with E-state index in [1.807, 2.05) is 36.6 Å². The van der Waals surface area contributed by atoms with E-state index in [2.05, 4.69) is 52.6 Å². The highest BCUT2D eigenvalue weighted by atomic mass is 32.2. The molecule has 0 saturated heterocycles. The molecular formula is C22H22N4OS. The molecule has 3 aromatic rings. The van der Waals surface area contributed by atoms with Gasteiger partial charge in [0.05, 0.1) is 5.69 Å². The van der Waals surface area contributed by atoms with Crippen LogP contribution in [-0.4, -0.2) is 28.7 Å².